The number of nitrogens with one attached hydrogen (secondary N) is 1. The first-order valence-corrected chi connectivity index (χ1v) is 7.81. The van der Waals surface area contributed by atoms with Gasteiger partial charge in [-0.1, -0.05) is 38.1 Å². The summed E-state index contributed by atoms with van der Waals surface area (Å²) in [4.78, 5) is 0. The highest BCUT2D eigenvalue weighted by molar-refractivity contribution is 7.85. The predicted octanol–water partition coefficient (Wildman–Crippen LogP) is 2.28. The van der Waals surface area contributed by atoms with E-state index < -0.39 is 10.8 Å². The van der Waals surface area contributed by atoms with Gasteiger partial charge in [0.15, 0.2) is 0 Å². The standard InChI is InChI=1S/C14H21NOS/c1-11(2)9-12-3-5-13(6-4-12)14-10-17(16)8-7-15-14/h3-6,11,14-15H,7-10H2,1-2H3. The minimum atomic E-state index is -0.648. The molecule has 1 heterocycles. The van der Waals surface area contributed by atoms with E-state index in [2.05, 4.69) is 43.4 Å². The lowest BCUT2D eigenvalue weighted by atomic mass is 10.00. The summed E-state index contributed by atoms with van der Waals surface area (Å²) in [6.07, 6.45) is 1.13. The first kappa shape index (κ1) is 12.8. The molecule has 2 nitrogen and oxygen atoms in total. The molecule has 0 amide bonds. The Bertz CT molecular complexity index is 386. The third-order valence-electron chi connectivity index (χ3n) is 3.10. The molecule has 3 heteroatoms. The monoisotopic (exact) mass is 251 g/mol. The van der Waals surface area contributed by atoms with Gasteiger partial charge in [0.1, 0.15) is 0 Å². The molecule has 0 saturated carbocycles. The molecule has 2 unspecified atom stereocenters. The van der Waals surface area contributed by atoms with Crippen molar-refractivity contribution in [1.82, 2.24) is 5.32 Å². The maximum Gasteiger partial charge on any atom is 0.0437 e. The van der Waals surface area contributed by atoms with Crippen LogP contribution in [0.5, 0.6) is 0 Å². The highest BCUT2D eigenvalue weighted by Crippen LogP contribution is 2.18. The molecule has 0 aromatic heterocycles. The van der Waals surface area contributed by atoms with Crippen molar-refractivity contribution < 1.29 is 4.21 Å². The van der Waals surface area contributed by atoms with Crippen LogP contribution in [0.3, 0.4) is 0 Å². The van der Waals surface area contributed by atoms with Gasteiger partial charge in [0, 0.05) is 34.9 Å². The molecule has 1 aliphatic heterocycles. The van der Waals surface area contributed by atoms with Crippen LogP contribution in [0.4, 0.5) is 0 Å². The zero-order valence-electron chi connectivity index (χ0n) is 10.6. The van der Waals surface area contributed by atoms with Gasteiger partial charge in [0.05, 0.1) is 0 Å². The van der Waals surface area contributed by atoms with Crippen LogP contribution in [0.2, 0.25) is 0 Å². The largest absolute Gasteiger partial charge is 0.308 e. The van der Waals surface area contributed by atoms with Crippen LogP contribution in [0.25, 0.3) is 0 Å². The SMILES string of the molecule is CC(C)Cc1ccc(C2CS(=O)CCN2)cc1. The van der Waals surface area contributed by atoms with Gasteiger partial charge in [-0.3, -0.25) is 4.21 Å². The van der Waals surface area contributed by atoms with E-state index in [0.717, 1.165) is 24.5 Å². The van der Waals surface area contributed by atoms with E-state index in [1.165, 1.54) is 11.1 Å². The number of hydrogen-bond donors (Lipinski definition) is 1. The average Bonchev–Trinajstić information content (AvgIpc) is 2.29. The molecular weight excluding hydrogens is 230 g/mol. The summed E-state index contributed by atoms with van der Waals surface area (Å²) >= 11 is 0. The highest BCUT2D eigenvalue weighted by Gasteiger charge is 2.19. The quantitative estimate of drug-likeness (QED) is 0.893. The summed E-state index contributed by atoms with van der Waals surface area (Å²) < 4.78 is 11.5. The van der Waals surface area contributed by atoms with E-state index in [1.54, 1.807) is 0 Å². The van der Waals surface area contributed by atoms with Gasteiger partial charge >= 0.3 is 0 Å². The van der Waals surface area contributed by atoms with Crippen molar-refractivity contribution in [3.63, 3.8) is 0 Å². The number of benzene rings is 1. The van der Waals surface area contributed by atoms with Crippen molar-refractivity contribution in [2.24, 2.45) is 5.92 Å². The Hall–Kier alpha value is -0.670. The second kappa shape index (κ2) is 5.78. The van der Waals surface area contributed by atoms with Crippen LogP contribution in [0.15, 0.2) is 24.3 Å². The maximum absolute atomic E-state index is 11.5. The normalized spacial score (nSPS) is 25.1. The van der Waals surface area contributed by atoms with Crippen molar-refractivity contribution >= 4 is 10.8 Å². The molecule has 2 atom stereocenters. The van der Waals surface area contributed by atoms with E-state index >= 15 is 0 Å². The van der Waals surface area contributed by atoms with Crippen molar-refractivity contribution in [1.29, 1.82) is 0 Å². The van der Waals surface area contributed by atoms with Crippen LogP contribution in [-0.2, 0) is 17.2 Å². The fourth-order valence-electron chi connectivity index (χ4n) is 2.25. The lowest BCUT2D eigenvalue weighted by Gasteiger charge is -2.23. The van der Waals surface area contributed by atoms with Gasteiger partial charge in [-0.15, -0.1) is 0 Å². The van der Waals surface area contributed by atoms with Gasteiger partial charge in [0.25, 0.3) is 0 Å². The minimum absolute atomic E-state index is 0.276. The lowest BCUT2D eigenvalue weighted by molar-refractivity contribution is 0.571. The second-order valence-corrected chi connectivity index (χ2v) is 6.78. The van der Waals surface area contributed by atoms with E-state index in [9.17, 15) is 4.21 Å². The molecule has 94 valence electrons. The molecule has 1 aromatic carbocycles. The zero-order valence-corrected chi connectivity index (χ0v) is 11.4. The topological polar surface area (TPSA) is 29.1 Å². The molecule has 1 aliphatic rings. The summed E-state index contributed by atoms with van der Waals surface area (Å²) in [7, 11) is -0.648. The predicted molar refractivity (Wildman–Crippen MR) is 73.6 cm³/mol. The molecular formula is C14H21NOS. The summed E-state index contributed by atoms with van der Waals surface area (Å²) in [6.45, 7) is 5.34. The third kappa shape index (κ3) is 3.65. The van der Waals surface area contributed by atoms with Crippen LogP contribution in [0, 0.1) is 5.92 Å². The summed E-state index contributed by atoms with van der Waals surface area (Å²) in [6, 6.07) is 9.04. The molecule has 1 N–H and O–H groups in total. The van der Waals surface area contributed by atoms with Crippen molar-refractivity contribution in [2.45, 2.75) is 26.3 Å². The maximum atomic E-state index is 11.5. The van der Waals surface area contributed by atoms with Gasteiger partial charge in [-0.2, -0.15) is 0 Å². The summed E-state index contributed by atoms with van der Waals surface area (Å²) in [5, 5.41) is 3.43. The van der Waals surface area contributed by atoms with Crippen molar-refractivity contribution in [3.05, 3.63) is 35.4 Å². The zero-order chi connectivity index (χ0) is 12.3. The summed E-state index contributed by atoms with van der Waals surface area (Å²) in [5.41, 5.74) is 2.66. The second-order valence-electron chi connectivity index (χ2n) is 5.16. The van der Waals surface area contributed by atoms with Gasteiger partial charge in [-0.25, -0.2) is 0 Å². The Morgan fingerprint density at radius 3 is 2.65 bits per heavy atom. The summed E-state index contributed by atoms with van der Waals surface area (Å²) in [5.74, 6) is 2.24. The molecule has 0 aliphatic carbocycles. The van der Waals surface area contributed by atoms with Gasteiger partial charge < -0.3 is 5.32 Å². The highest BCUT2D eigenvalue weighted by atomic mass is 32.2. The molecule has 0 spiro atoms. The average molecular weight is 251 g/mol. The van der Waals surface area contributed by atoms with Gasteiger partial charge in [0.2, 0.25) is 0 Å². The fourth-order valence-corrected chi connectivity index (χ4v) is 3.44. The minimum Gasteiger partial charge on any atom is -0.308 e. The Balaban J connectivity index is 2.04. The van der Waals surface area contributed by atoms with Crippen LogP contribution >= 0.6 is 0 Å². The molecule has 2 rings (SSSR count). The van der Waals surface area contributed by atoms with E-state index in [0.29, 0.717) is 5.92 Å². The fraction of sp³-hybridized carbons (Fsp3) is 0.571. The first-order valence-electron chi connectivity index (χ1n) is 6.32. The van der Waals surface area contributed by atoms with Crippen LogP contribution in [0.1, 0.15) is 31.0 Å². The molecule has 1 fully saturated rings. The van der Waals surface area contributed by atoms with Crippen molar-refractivity contribution in [2.75, 3.05) is 18.1 Å². The Labute approximate surface area is 106 Å². The van der Waals surface area contributed by atoms with Crippen LogP contribution in [-0.4, -0.2) is 22.3 Å². The third-order valence-corrected chi connectivity index (χ3v) is 4.46. The van der Waals surface area contributed by atoms with Gasteiger partial charge in [-0.05, 0) is 23.5 Å². The smallest absolute Gasteiger partial charge is 0.0437 e. The Morgan fingerprint density at radius 2 is 2.06 bits per heavy atom. The Kier molecular flexibility index (Phi) is 4.35. The number of rotatable bonds is 3. The van der Waals surface area contributed by atoms with E-state index in [1.807, 2.05) is 0 Å². The molecule has 1 saturated heterocycles. The number of hydrogen-bond acceptors (Lipinski definition) is 2. The molecule has 0 radical (unpaired) electrons. The molecule has 1 aromatic rings. The first-order chi connectivity index (χ1) is 8.15. The lowest BCUT2D eigenvalue weighted by Crippen LogP contribution is -2.36. The van der Waals surface area contributed by atoms with E-state index in [-0.39, 0.29) is 6.04 Å². The van der Waals surface area contributed by atoms with Crippen molar-refractivity contribution in [3.8, 4) is 0 Å². The molecule has 0 bridgehead atoms. The van der Waals surface area contributed by atoms with Crippen LogP contribution < -0.4 is 5.32 Å². The van der Waals surface area contributed by atoms with E-state index in [4.69, 9.17) is 0 Å². The molecule has 17 heavy (non-hydrogen) atoms. The Morgan fingerprint density at radius 1 is 1.35 bits per heavy atom.